The predicted molar refractivity (Wildman–Crippen MR) is 100 cm³/mol. The summed E-state index contributed by atoms with van der Waals surface area (Å²) < 4.78 is 38.5. The Kier molecular flexibility index (Phi) is 4.93. The molecule has 0 radical (unpaired) electrons. The highest BCUT2D eigenvalue weighted by Crippen LogP contribution is 2.30. The van der Waals surface area contributed by atoms with E-state index in [1.165, 1.54) is 22.3 Å². The molecule has 0 spiro atoms. The lowest BCUT2D eigenvalue weighted by atomic mass is 10.1. The number of amides is 2. The highest BCUT2D eigenvalue weighted by atomic mass is 32.1. The maximum atomic E-state index is 12.8. The quantitative estimate of drug-likeness (QED) is 0.509. The van der Waals surface area contributed by atoms with Gasteiger partial charge in [-0.2, -0.15) is 18.2 Å². The zero-order chi connectivity index (χ0) is 20.6. The van der Waals surface area contributed by atoms with Crippen molar-refractivity contribution < 1.29 is 28.1 Å². The van der Waals surface area contributed by atoms with Crippen LogP contribution in [0.4, 0.5) is 24.0 Å². The Hall–Kier alpha value is -3.04. The highest BCUT2D eigenvalue weighted by molar-refractivity contribution is 7.12. The number of alkyl halides is 3. The molecule has 0 fully saturated rings. The van der Waals surface area contributed by atoms with Crippen LogP contribution in [0.1, 0.15) is 32.0 Å². The lowest BCUT2D eigenvalue weighted by molar-refractivity contribution is -0.478. The first-order chi connectivity index (χ1) is 13.8. The van der Waals surface area contributed by atoms with Gasteiger partial charge in [0.2, 0.25) is 0 Å². The number of hydrogen-bond donors (Lipinski definition) is 1. The standard InChI is InChI=1S/C20H14F3N3O2S/c21-20(22,23)12-4-3-5-13(10-12)24-19-25-14(11-29-19)8-9-26-17(27)15-6-1-2-7-16(15)18(26)28/h1-7,10-11H,8-9H2,(H,24,25)/p+1. The summed E-state index contributed by atoms with van der Waals surface area (Å²) in [6.07, 6.45) is -4.03. The molecule has 0 saturated heterocycles. The maximum absolute atomic E-state index is 12.8. The smallest absolute Gasteiger partial charge is 0.274 e. The van der Waals surface area contributed by atoms with Crippen LogP contribution < -0.4 is 5.32 Å². The van der Waals surface area contributed by atoms with Crippen LogP contribution in [0.3, 0.4) is 0 Å². The number of rotatable bonds is 5. The fraction of sp³-hybridized carbons (Fsp3) is 0.150. The van der Waals surface area contributed by atoms with Gasteiger partial charge in [-0.3, -0.25) is 19.8 Å². The molecule has 0 unspecified atom stereocenters. The van der Waals surface area contributed by atoms with Gasteiger partial charge in [0.25, 0.3) is 16.9 Å². The van der Waals surface area contributed by atoms with Crippen LogP contribution in [-0.2, 0) is 12.6 Å². The lowest BCUT2D eigenvalue weighted by Crippen LogP contribution is -2.71. The van der Waals surface area contributed by atoms with Crippen molar-refractivity contribution in [2.24, 2.45) is 0 Å². The van der Waals surface area contributed by atoms with Crippen molar-refractivity contribution in [1.29, 1.82) is 0 Å². The Morgan fingerprint density at radius 2 is 1.69 bits per heavy atom. The maximum Gasteiger partial charge on any atom is 0.416 e. The van der Waals surface area contributed by atoms with Gasteiger partial charge in [-0.1, -0.05) is 29.5 Å². The molecule has 0 aliphatic carbocycles. The van der Waals surface area contributed by atoms with Crippen molar-refractivity contribution in [3.63, 3.8) is 0 Å². The van der Waals surface area contributed by atoms with Gasteiger partial charge in [0.05, 0.1) is 22.4 Å². The Bertz CT molecular complexity index is 1060. The number of fused-ring (bicyclic) bond motifs is 1. The summed E-state index contributed by atoms with van der Waals surface area (Å²) in [5.74, 6) is -0.645. The molecule has 1 aromatic heterocycles. The molecule has 29 heavy (non-hydrogen) atoms. The predicted octanol–water partition coefficient (Wildman–Crippen LogP) is 3.53. The first-order valence-corrected chi connectivity index (χ1v) is 9.62. The van der Waals surface area contributed by atoms with Gasteiger partial charge in [0.15, 0.2) is 0 Å². The highest BCUT2D eigenvalue weighted by Gasteiger charge is 2.35. The van der Waals surface area contributed by atoms with Crippen molar-refractivity contribution in [3.8, 4) is 0 Å². The number of quaternary nitrogens is 1. The Balaban J connectivity index is 1.41. The molecule has 1 aliphatic heterocycles. The van der Waals surface area contributed by atoms with E-state index in [1.54, 1.807) is 41.0 Å². The minimum atomic E-state index is -4.40. The summed E-state index contributed by atoms with van der Waals surface area (Å²) in [6.45, 7) is 0.194. The second-order valence-electron chi connectivity index (χ2n) is 6.50. The zero-order valence-corrected chi connectivity index (χ0v) is 15.8. The van der Waals surface area contributed by atoms with Crippen molar-refractivity contribution >= 4 is 34.0 Å². The van der Waals surface area contributed by atoms with Crippen LogP contribution in [0, 0.1) is 0 Å². The number of thiazole rings is 1. The molecule has 2 heterocycles. The van der Waals surface area contributed by atoms with Gasteiger partial charge in [0, 0.05) is 24.4 Å². The van der Waals surface area contributed by atoms with Gasteiger partial charge >= 0.3 is 6.18 Å². The molecule has 2 N–H and O–H groups in total. The molecule has 5 nitrogen and oxygen atoms in total. The Labute approximate surface area is 167 Å². The molecule has 2 amide bonds. The SMILES string of the molecule is O=C1c2ccccc2C(=O)N1CCc1csc([NH2+]c2cccc(C(F)(F)F)c2)n1. The number of imide groups is 1. The molecule has 3 aromatic rings. The normalized spacial score (nSPS) is 13.8. The van der Waals surface area contributed by atoms with E-state index in [0.29, 0.717) is 34.1 Å². The number of nitrogens with two attached hydrogens (primary N) is 1. The number of halogens is 3. The minimum Gasteiger partial charge on any atom is -0.274 e. The summed E-state index contributed by atoms with van der Waals surface area (Å²) in [5.41, 5.74) is 1.16. The molecule has 9 heteroatoms. The van der Waals surface area contributed by atoms with Crippen molar-refractivity contribution in [2.75, 3.05) is 6.54 Å². The van der Waals surface area contributed by atoms with Crippen LogP contribution in [0.5, 0.6) is 0 Å². The fourth-order valence-corrected chi connectivity index (χ4v) is 3.92. The molecule has 148 valence electrons. The third-order valence-electron chi connectivity index (χ3n) is 4.54. The van der Waals surface area contributed by atoms with Gasteiger partial charge in [0.1, 0.15) is 5.69 Å². The Morgan fingerprint density at radius 3 is 2.34 bits per heavy atom. The lowest BCUT2D eigenvalue weighted by Gasteiger charge is -2.12. The van der Waals surface area contributed by atoms with E-state index in [2.05, 4.69) is 4.98 Å². The van der Waals surface area contributed by atoms with Crippen molar-refractivity contribution in [3.05, 3.63) is 76.3 Å². The third-order valence-corrected chi connectivity index (χ3v) is 5.38. The minimum absolute atomic E-state index is 0.194. The topological polar surface area (TPSA) is 66.9 Å². The number of carbonyl (C=O) groups is 2. The van der Waals surface area contributed by atoms with Crippen molar-refractivity contribution in [1.82, 2.24) is 9.88 Å². The van der Waals surface area contributed by atoms with Gasteiger partial charge in [-0.15, -0.1) is 0 Å². The molecule has 4 rings (SSSR count). The van der Waals surface area contributed by atoms with E-state index in [0.717, 1.165) is 12.1 Å². The van der Waals surface area contributed by atoms with Crippen LogP contribution >= 0.6 is 11.3 Å². The van der Waals surface area contributed by atoms with Crippen LogP contribution in [0.2, 0.25) is 0 Å². The summed E-state index contributed by atoms with van der Waals surface area (Å²) in [4.78, 5) is 30.3. The zero-order valence-electron chi connectivity index (χ0n) is 14.9. The monoisotopic (exact) mass is 418 g/mol. The van der Waals surface area contributed by atoms with E-state index in [1.807, 2.05) is 0 Å². The first kappa shape index (κ1) is 19.3. The molecule has 0 bridgehead atoms. The number of hydrogen-bond acceptors (Lipinski definition) is 4. The summed E-state index contributed by atoms with van der Waals surface area (Å²) in [7, 11) is 0. The second-order valence-corrected chi connectivity index (χ2v) is 7.39. The molecular formula is C20H15F3N3O2S+. The van der Waals surface area contributed by atoms with Crippen LogP contribution in [0.25, 0.3) is 0 Å². The van der Waals surface area contributed by atoms with Gasteiger partial charge in [-0.25, -0.2) is 0 Å². The first-order valence-electron chi connectivity index (χ1n) is 8.74. The molecule has 0 atom stereocenters. The molecular weight excluding hydrogens is 403 g/mol. The molecule has 2 aromatic carbocycles. The van der Waals surface area contributed by atoms with Gasteiger partial charge < -0.3 is 0 Å². The number of carbonyl (C=O) groups excluding carboxylic acids is 2. The van der Waals surface area contributed by atoms with Gasteiger partial charge in [-0.05, 0) is 24.3 Å². The van der Waals surface area contributed by atoms with E-state index in [9.17, 15) is 22.8 Å². The summed E-state index contributed by atoms with van der Waals surface area (Å²) in [6, 6.07) is 11.7. The molecule has 0 saturated carbocycles. The average molecular weight is 418 g/mol. The third kappa shape index (κ3) is 3.92. The number of aromatic nitrogens is 1. The number of nitrogens with zero attached hydrogens (tertiary/aromatic N) is 2. The summed E-state index contributed by atoms with van der Waals surface area (Å²) >= 11 is 1.29. The van der Waals surface area contributed by atoms with E-state index in [-0.39, 0.29) is 18.4 Å². The van der Waals surface area contributed by atoms with E-state index >= 15 is 0 Å². The summed E-state index contributed by atoms with van der Waals surface area (Å²) in [5, 5.41) is 3.91. The largest absolute Gasteiger partial charge is 0.416 e. The van der Waals surface area contributed by atoms with Crippen molar-refractivity contribution in [2.45, 2.75) is 12.6 Å². The second kappa shape index (κ2) is 7.41. The molecule has 1 aliphatic rings. The van der Waals surface area contributed by atoms with E-state index < -0.39 is 11.7 Å². The Morgan fingerprint density at radius 1 is 1.00 bits per heavy atom. The average Bonchev–Trinajstić information content (AvgIpc) is 3.23. The fourth-order valence-electron chi connectivity index (χ4n) is 3.12. The van der Waals surface area contributed by atoms with E-state index in [4.69, 9.17) is 0 Å². The number of benzene rings is 2. The van der Waals surface area contributed by atoms with Crippen LogP contribution in [-0.4, -0.2) is 28.2 Å². The van der Waals surface area contributed by atoms with Crippen LogP contribution in [0.15, 0.2) is 53.9 Å².